The number of para-hydroxylation sites is 4. The van der Waals surface area contributed by atoms with Crippen LogP contribution < -0.4 is 4.90 Å². The molecule has 4 heterocycles. The number of nitrogens with zero attached hydrogens (tertiary/aromatic N) is 2. The van der Waals surface area contributed by atoms with Gasteiger partial charge in [0.2, 0.25) is 0 Å². The second-order valence-corrected chi connectivity index (χ2v) is 22.5. The standard InChI is InChI=1S/C72H46N2S2/c1-2-20-53(21-3-1)73-66-29-11-6-24-59(66)62-43-49(32-36-67(62)73)47-18-14-16-45(38-47)46-17-15-19-48(39-46)51-40-52(42-54(41-51)74-64-27-9-4-22-57(64)58-23-5-10-28-65(58)74)56-35-34-55(71-61-26-8-13-31-69(61)76-72(56)71)50-33-37-70-63(44-50)60-25-7-12-30-68(60)75-70/h1-42,44,62H,43H2. The first-order chi connectivity index (χ1) is 37.7. The van der Waals surface area contributed by atoms with Crippen molar-refractivity contribution in [2.75, 3.05) is 4.90 Å². The van der Waals surface area contributed by atoms with Gasteiger partial charge in [-0.25, -0.2) is 0 Å². The molecule has 16 rings (SSSR count). The number of hydrogen-bond acceptors (Lipinski definition) is 3. The van der Waals surface area contributed by atoms with Gasteiger partial charge in [-0.15, -0.1) is 22.7 Å². The molecule has 4 heteroatoms. The summed E-state index contributed by atoms with van der Waals surface area (Å²) < 4.78 is 7.72. The molecule has 0 bridgehead atoms. The van der Waals surface area contributed by atoms with E-state index in [-0.39, 0.29) is 0 Å². The summed E-state index contributed by atoms with van der Waals surface area (Å²) >= 11 is 3.78. The summed E-state index contributed by atoms with van der Waals surface area (Å²) in [5, 5.41) is 7.76. The summed E-state index contributed by atoms with van der Waals surface area (Å²) in [6, 6.07) is 92.7. The number of rotatable bonds is 7. The highest BCUT2D eigenvalue weighted by Crippen LogP contribution is 2.53. The van der Waals surface area contributed by atoms with Crippen LogP contribution in [0.1, 0.15) is 23.5 Å². The summed E-state index contributed by atoms with van der Waals surface area (Å²) in [4.78, 5) is 2.45. The average molecular weight is 1000 g/mol. The number of aromatic nitrogens is 1. The van der Waals surface area contributed by atoms with E-state index < -0.39 is 0 Å². The Balaban J connectivity index is 0.843. The molecule has 0 N–H and O–H groups in total. The molecule has 0 fully saturated rings. The van der Waals surface area contributed by atoms with Crippen LogP contribution in [0.5, 0.6) is 0 Å². The van der Waals surface area contributed by atoms with Gasteiger partial charge in [-0.2, -0.15) is 0 Å². The van der Waals surface area contributed by atoms with E-state index in [1.165, 1.54) is 140 Å². The molecule has 356 valence electrons. The first-order valence-corrected chi connectivity index (χ1v) is 27.9. The molecule has 1 atom stereocenters. The minimum atomic E-state index is 0.292. The molecule has 0 amide bonds. The molecule has 76 heavy (non-hydrogen) atoms. The Morgan fingerprint density at radius 2 is 0.947 bits per heavy atom. The van der Waals surface area contributed by atoms with E-state index in [2.05, 4.69) is 270 Å². The predicted molar refractivity (Wildman–Crippen MR) is 327 cm³/mol. The third-order valence-electron chi connectivity index (χ3n) is 16.1. The maximum Gasteiger partial charge on any atom is 0.0541 e. The van der Waals surface area contributed by atoms with Crippen molar-refractivity contribution in [3.8, 4) is 50.2 Å². The quantitative estimate of drug-likeness (QED) is 0.154. The van der Waals surface area contributed by atoms with Crippen molar-refractivity contribution in [2.24, 2.45) is 0 Å². The van der Waals surface area contributed by atoms with Gasteiger partial charge >= 0.3 is 0 Å². The zero-order valence-electron chi connectivity index (χ0n) is 41.3. The van der Waals surface area contributed by atoms with Crippen LogP contribution in [0.15, 0.2) is 267 Å². The summed E-state index contributed by atoms with van der Waals surface area (Å²) in [5.41, 5.74) is 21.1. The van der Waals surface area contributed by atoms with Crippen molar-refractivity contribution < 1.29 is 0 Å². The Morgan fingerprint density at radius 1 is 0.355 bits per heavy atom. The number of allylic oxidation sites excluding steroid dienone is 4. The highest BCUT2D eigenvalue weighted by atomic mass is 32.1. The fourth-order valence-corrected chi connectivity index (χ4v) is 15.0. The van der Waals surface area contributed by atoms with Crippen molar-refractivity contribution in [3.63, 3.8) is 0 Å². The normalized spacial score (nSPS) is 14.3. The lowest BCUT2D eigenvalue weighted by atomic mass is 9.84. The predicted octanol–water partition coefficient (Wildman–Crippen LogP) is 20.8. The van der Waals surface area contributed by atoms with Crippen molar-refractivity contribution in [3.05, 3.63) is 278 Å². The van der Waals surface area contributed by atoms with Gasteiger partial charge in [-0.1, -0.05) is 170 Å². The van der Waals surface area contributed by atoms with E-state index in [4.69, 9.17) is 0 Å². The Morgan fingerprint density at radius 3 is 1.74 bits per heavy atom. The topological polar surface area (TPSA) is 8.17 Å². The van der Waals surface area contributed by atoms with Crippen LogP contribution in [0.2, 0.25) is 0 Å². The van der Waals surface area contributed by atoms with Gasteiger partial charge in [-0.05, 0) is 159 Å². The third kappa shape index (κ3) is 6.85. The highest BCUT2D eigenvalue weighted by Gasteiger charge is 2.36. The monoisotopic (exact) mass is 1000 g/mol. The van der Waals surface area contributed by atoms with Crippen molar-refractivity contribution >= 4 is 102 Å². The van der Waals surface area contributed by atoms with Crippen molar-refractivity contribution in [2.45, 2.75) is 12.3 Å². The molecule has 1 aliphatic carbocycles. The summed E-state index contributed by atoms with van der Waals surface area (Å²) in [6.07, 6.45) is 5.66. The molecule has 2 aliphatic rings. The molecule has 0 saturated carbocycles. The van der Waals surface area contributed by atoms with Gasteiger partial charge in [0.15, 0.2) is 0 Å². The minimum Gasteiger partial charge on any atom is -0.313 e. The molecule has 14 aromatic rings. The SMILES string of the molecule is C1=C(c2cccc(-c3cccc(-c4cc(-c5ccc(-c6ccc7sc8ccccc8c7c6)c6c5sc5ccccc56)cc(-n5c6ccccc6c6ccccc65)c4)c3)c2)CC2C(=C1)N(c1ccccc1)c1ccccc12. The van der Waals surface area contributed by atoms with Gasteiger partial charge in [0.05, 0.1) is 11.0 Å². The lowest BCUT2D eigenvalue weighted by molar-refractivity contribution is 0.832. The van der Waals surface area contributed by atoms with Gasteiger partial charge in [0, 0.05) is 79.8 Å². The smallest absolute Gasteiger partial charge is 0.0541 e. The summed E-state index contributed by atoms with van der Waals surface area (Å²) in [7, 11) is 0. The molecule has 0 radical (unpaired) electrons. The lowest BCUT2D eigenvalue weighted by Crippen LogP contribution is -2.15. The van der Waals surface area contributed by atoms with Crippen LogP contribution in [0, 0.1) is 0 Å². The van der Waals surface area contributed by atoms with Gasteiger partial charge in [0.1, 0.15) is 0 Å². The van der Waals surface area contributed by atoms with Crippen LogP contribution in [-0.2, 0) is 0 Å². The molecule has 1 aliphatic heterocycles. The molecule has 3 aromatic heterocycles. The molecule has 1 unspecified atom stereocenters. The van der Waals surface area contributed by atoms with E-state index in [1.54, 1.807) is 0 Å². The molecular weight excluding hydrogens is 957 g/mol. The Labute approximate surface area is 448 Å². The molecular formula is C72H46N2S2. The number of hydrogen-bond donors (Lipinski definition) is 0. The highest BCUT2D eigenvalue weighted by molar-refractivity contribution is 7.26. The Bertz CT molecular complexity index is 4700. The van der Waals surface area contributed by atoms with Gasteiger partial charge in [0.25, 0.3) is 0 Å². The number of anilines is 2. The Kier molecular flexibility index (Phi) is 9.84. The average Bonchev–Trinajstić information content (AvgIpc) is 4.33. The van der Waals surface area contributed by atoms with E-state index in [1.807, 2.05) is 22.7 Å². The fourth-order valence-electron chi connectivity index (χ4n) is 12.6. The number of thiophene rings is 2. The van der Waals surface area contributed by atoms with Crippen LogP contribution in [0.3, 0.4) is 0 Å². The third-order valence-corrected chi connectivity index (χ3v) is 18.5. The van der Waals surface area contributed by atoms with Crippen LogP contribution in [0.4, 0.5) is 11.4 Å². The second kappa shape index (κ2) is 17.3. The number of benzene rings is 11. The van der Waals surface area contributed by atoms with Gasteiger partial charge in [-0.3, -0.25) is 0 Å². The zero-order chi connectivity index (χ0) is 49.8. The van der Waals surface area contributed by atoms with Crippen LogP contribution in [-0.4, -0.2) is 4.57 Å². The van der Waals surface area contributed by atoms with Crippen molar-refractivity contribution in [1.29, 1.82) is 0 Å². The first kappa shape index (κ1) is 43.4. The lowest BCUT2D eigenvalue weighted by Gasteiger charge is -2.26. The van der Waals surface area contributed by atoms with Crippen LogP contribution in [0.25, 0.3) is 118 Å². The summed E-state index contributed by atoms with van der Waals surface area (Å²) in [6.45, 7) is 0. The van der Waals surface area contributed by atoms with E-state index >= 15 is 0 Å². The Hall–Kier alpha value is -9.06. The van der Waals surface area contributed by atoms with E-state index in [0.29, 0.717) is 5.92 Å². The maximum absolute atomic E-state index is 2.47. The summed E-state index contributed by atoms with van der Waals surface area (Å²) in [5.74, 6) is 0.292. The zero-order valence-corrected chi connectivity index (χ0v) is 43.0. The first-order valence-electron chi connectivity index (χ1n) is 26.2. The van der Waals surface area contributed by atoms with Crippen LogP contribution >= 0.6 is 22.7 Å². The molecule has 2 nitrogen and oxygen atoms in total. The maximum atomic E-state index is 2.47. The van der Waals surface area contributed by atoms with Gasteiger partial charge < -0.3 is 9.47 Å². The number of fused-ring (bicyclic) bond motifs is 12. The van der Waals surface area contributed by atoms with E-state index in [0.717, 1.165) is 12.1 Å². The van der Waals surface area contributed by atoms with Crippen molar-refractivity contribution in [1.82, 2.24) is 4.57 Å². The molecule has 0 spiro atoms. The van der Waals surface area contributed by atoms with E-state index in [9.17, 15) is 0 Å². The molecule has 11 aromatic carbocycles. The second-order valence-electron chi connectivity index (χ2n) is 20.3. The molecule has 0 saturated heterocycles. The minimum absolute atomic E-state index is 0.292. The largest absolute Gasteiger partial charge is 0.313 e. The fraction of sp³-hybridized carbons (Fsp3) is 0.0278.